The van der Waals surface area contributed by atoms with Crippen LogP contribution in [0.4, 0.5) is 5.69 Å². The Balaban J connectivity index is 2.00. The van der Waals surface area contributed by atoms with Crippen LogP contribution in [0.1, 0.15) is 23.2 Å². The van der Waals surface area contributed by atoms with Gasteiger partial charge in [-0.15, -0.1) is 0 Å². The minimum atomic E-state index is -0.551. The average Bonchev–Trinajstić information content (AvgIpc) is 2.80. The molecule has 17 heavy (non-hydrogen) atoms. The third-order valence-corrected chi connectivity index (χ3v) is 2.75. The summed E-state index contributed by atoms with van der Waals surface area (Å²) in [4.78, 5) is 11.1. The summed E-state index contributed by atoms with van der Waals surface area (Å²) < 4.78 is 11.0. The number of amides is 1. The molecule has 1 aliphatic heterocycles. The van der Waals surface area contributed by atoms with Crippen molar-refractivity contribution >= 4 is 11.6 Å². The summed E-state index contributed by atoms with van der Waals surface area (Å²) >= 11 is 0. The summed E-state index contributed by atoms with van der Waals surface area (Å²) in [6.45, 7) is 1.28. The van der Waals surface area contributed by atoms with E-state index in [4.69, 9.17) is 20.9 Å². The fourth-order valence-electron chi connectivity index (χ4n) is 1.80. The fourth-order valence-corrected chi connectivity index (χ4v) is 1.80. The highest BCUT2D eigenvalue weighted by molar-refractivity contribution is 5.98. The van der Waals surface area contributed by atoms with Crippen molar-refractivity contribution in [1.82, 2.24) is 0 Å². The minimum absolute atomic E-state index is 0.143. The van der Waals surface area contributed by atoms with E-state index in [1.54, 1.807) is 18.2 Å². The van der Waals surface area contributed by atoms with Gasteiger partial charge in [-0.25, -0.2) is 0 Å². The molecule has 0 saturated carbocycles. The van der Waals surface area contributed by atoms with E-state index < -0.39 is 5.91 Å². The highest BCUT2D eigenvalue weighted by Gasteiger charge is 2.16. The number of ether oxygens (including phenoxy) is 2. The molecule has 4 N–H and O–H groups in total. The Morgan fingerprint density at radius 3 is 3.00 bits per heavy atom. The molecule has 1 aromatic carbocycles. The van der Waals surface area contributed by atoms with Gasteiger partial charge in [-0.05, 0) is 31.0 Å². The smallest absolute Gasteiger partial charge is 0.250 e. The Kier molecular flexibility index (Phi) is 3.49. The molecular weight excluding hydrogens is 220 g/mol. The van der Waals surface area contributed by atoms with Gasteiger partial charge in [0.2, 0.25) is 0 Å². The van der Waals surface area contributed by atoms with Gasteiger partial charge in [0.15, 0.2) is 0 Å². The van der Waals surface area contributed by atoms with Crippen molar-refractivity contribution in [2.24, 2.45) is 5.73 Å². The highest BCUT2D eigenvalue weighted by Crippen LogP contribution is 2.20. The second kappa shape index (κ2) is 5.05. The van der Waals surface area contributed by atoms with Crippen LogP contribution in [0.25, 0.3) is 0 Å². The molecule has 92 valence electrons. The Morgan fingerprint density at radius 1 is 1.53 bits per heavy atom. The molecule has 0 aliphatic carbocycles. The molecule has 1 atom stereocenters. The summed E-state index contributed by atoms with van der Waals surface area (Å²) in [7, 11) is 0. The van der Waals surface area contributed by atoms with Crippen LogP contribution in [0, 0.1) is 0 Å². The molecule has 0 aromatic heterocycles. The van der Waals surface area contributed by atoms with Crippen LogP contribution in [0.15, 0.2) is 18.2 Å². The number of carbonyl (C=O) groups excluding carboxylic acids is 1. The number of carbonyl (C=O) groups is 1. The van der Waals surface area contributed by atoms with Crippen molar-refractivity contribution in [3.05, 3.63) is 23.8 Å². The van der Waals surface area contributed by atoms with E-state index in [9.17, 15) is 4.79 Å². The molecule has 2 rings (SSSR count). The lowest BCUT2D eigenvalue weighted by Gasteiger charge is -2.12. The second-order valence-electron chi connectivity index (χ2n) is 4.06. The number of anilines is 1. The van der Waals surface area contributed by atoms with E-state index in [1.165, 1.54) is 0 Å². The van der Waals surface area contributed by atoms with Gasteiger partial charge in [0.25, 0.3) is 5.91 Å². The molecule has 5 heteroatoms. The summed E-state index contributed by atoms with van der Waals surface area (Å²) in [5.74, 6) is 0.0357. The van der Waals surface area contributed by atoms with E-state index in [1.807, 2.05) is 0 Å². The van der Waals surface area contributed by atoms with Gasteiger partial charge in [-0.2, -0.15) is 0 Å². The standard InChI is InChI=1S/C12H16N2O3/c13-11-4-3-8(6-10(11)12(14)15)17-7-9-2-1-5-16-9/h3-4,6,9H,1-2,5,7,13H2,(H2,14,15). The first-order valence-electron chi connectivity index (χ1n) is 5.60. The maximum atomic E-state index is 11.1. The topological polar surface area (TPSA) is 87.6 Å². The molecule has 0 spiro atoms. The number of rotatable bonds is 4. The van der Waals surface area contributed by atoms with Crippen molar-refractivity contribution in [3.8, 4) is 5.75 Å². The van der Waals surface area contributed by atoms with Crippen LogP contribution in [-0.4, -0.2) is 25.2 Å². The van der Waals surface area contributed by atoms with E-state index in [0.29, 0.717) is 18.0 Å². The average molecular weight is 236 g/mol. The van der Waals surface area contributed by atoms with Crippen LogP contribution in [0.3, 0.4) is 0 Å². The summed E-state index contributed by atoms with van der Waals surface area (Å²) in [6.07, 6.45) is 2.23. The number of hydrogen-bond donors (Lipinski definition) is 2. The minimum Gasteiger partial charge on any atom is -0.491 e. The number of nitrogens with two attached hydrogens (primary N) is 2. The van der Waals surface area contributed by atoms with E-state index in [0.717, 1.165) is 19.4 Å². The van der Waals surface area contributed by atoms with E-state index in [-0.39, 0.29) is 11.7 Å². The van der Waals surface area contributed by atoms with Crippen LogP contribution in [0.2, 0.25) is 0 Å². The Bertz CT molecular complexity index is 414. The van der Waals surface area contributed by atoms with E-state index in [2.05, 4.69) is 0 Å². The molecule has 1 fully saturated rings. The monoisotopic (exact) mass is 236 g/mol. The number of benzene rings is 1. The lowest BCUT2D eigenvalue weighted by atomic mass is 10.1. The molecule has 1 unspecified atom stereocenters. The molecular formula is C12H16N2O3. The van der Waals surface area contributed by atoms with Gasteiger partial charge in [-0.1, -0.05) is 0 Å². The Labute approximate surface area is 99.7 Å². The van der Waals surface area contributed by atoms with E-state index >= 15 is 0 Å². The molecule has 0 bridgehead atoms. The molecule has 1 aromatic rings. The number of hydrogen-bond acceptors (Lipinski definition) is 4. The SMILES string of the molecule is NC(=O)c1cc(OCC2CCCO2)ccc1N. The molecule has 1 amide bonds. The maximum absolute atomic E-state index is 11.1. The Hall–Kier alpha value is -1.75. The number of primary amides is 1. The van der Waals surface area contributed by atoms with Crippen molar-refractivity contribution in [2.45, 2.75) is 18.9 Å². The molecule has 1 saturated heterocycles. The lowest BCUT2D eigenvalue weighted by molar-refractivity contribution is 0.0679. The molecule has 0 radical (unpaired) electrons. The normalized spacial score (nSPS) is 19.2. The van der Waals surface area contributed by atoms with Gasteiger partial charge in [0, 0.05) is 12.3 Å². The van der Waals surface area contributed by atoms with Gasteiger partial charge in [0.05, 0.1) is 11.7 Å². The zero-order valence-electron chi connectivity index (χ0n) is 9.52. The van der Waals surface area contributed by atoms with Gasteiger partial charge in [0.1, 0.15) is 12.4 Å². The summed E-state index contributed by atoms with van der Waals surface area (Å²) in [5.41, 5.74) is 11.5. The van der Waals surface area contributed by atoms with Crippen LogP contribution in [-0.2, 0) is 4.74 Å². The molecule has 1 heterocycles. The predicted octanol–water partition coefficient (Wildman–Crippen LogP) is 0.925. The first kappa shape index (κ1) is 11.7. The van der Waals surface area contributed by atoms with Crippen LogP contribution < -0.4 is 16.2 Å². The van der Waals surface area contributed by atoms with Gasteiger partial charge in [-0.3, -0.25) is 4.79 Å². The van der Waals surface area contributed by atoms with Crippen molar-refractivity contribution in [2.75, 3.05) is 18.9 Å². The zero-order valence-corrected chi connectivity index (χ0v) is 9.52. The number of nitrogen functional groups attached to an aromatic ring is 1. The van der Waals surface area contributed by atoms with Crippen LogP contribution >= 0.6 is 0 Å². The quantitative estimate of drug-likeness (QED) is 0.761. The van der Waals surface area contributed by atoms with Crippen LogP contribution in [0.5, 0.6) is 5.75 Å². The van der Waals surface area contributed by atoms with Gasteiger partial charge < -0.3 is 20.9 Å². The fraction of sp³-hybridized carbons (Fsp3) is 0.417. The maximum Gasteiger partial charge on any atom is 0.250 e. The third-order valence-electron chi connectivity index (χ3n) is 2.75. The first-order chi connectivity index (χ1) is 8.16. The highest BCUT2D eigenvalue weighted by atomic mass is 16.5. The summed E-state index contributed by atoms with van der Waals surface area (Å²) in [5, 5.41) is 0. The van der Waals surface area contributed by atoms with Crippen molar-refractivity contribution in [3.63, 3.8) is 0 Å². The Morgan fingerprint density at radius 2 is 2.35 bits per heavy atom. The summed E-state index contributed by atoms with van der Waals surface area (Å²) in [6, 6.07) is 4.90. The second-order valence-corrected chi connectivity index (χ2v) is 4.06. The largest absolute Gasteiger partial charge is 0.491 e. The third kappa shape index (κ3) is 2.88. The first-order valence-corrected chi connectivity index (χ1v) is 5.60. The molecule has 1 aliphatic rings. The van der Waals surface area contributed by atoms with Crippen molar-refractivity contribution < 1.29 is 14.3 Å². The van der Waals surface area contributed by atoms with Gasteiger partial charge >= 0.3 is 0 Å². The van der Waals surface area contributed by atoms with Crippen molar-refractivity contribution in [1.29, 1.82) is 0 Å². The predicted molar refractivity (Wildman–Crippen MR) is 63.8 cm³/mol. The zero-order chi connectivity index (χ0) is 12.3. The molecule has 5 nitrogen and oxygen atoms in total. The lowest BCUT2D eigenvalue weighted by Crippen LogP contribution is -2.17.